The summed E-state index contributed by atoms with van der Waals surface area (Å²) in [6, 6.07) is 24.2. The third kappa shape index (κ3) is 5.51. The van der Waals surface area contributed by atoms with Crippen molar-refractivity contribution in [1.82, 2.24) is 14.1 Å². The molecule has 4 rings (SSSR count). The molecule has 7 nitrogen and oxygen atoms in total. The summed E-state index contributed by atoms with van der Waals surface area (Å²) in [6.07, 6.45) is 0.418. The third-order valence-corrected chi connectivity index (χ3v) is 6.23. The standard InChI is InChI=1S/C24H22N4O3S2/c1-17-12-13-20(24(29)25-16-19-10-6-3-7-11-19)22(14-17)28(33(30)31)23-21(26-32-27-23)15-18-8-4-2-5-9-18/h2-14H,15-16H2,1H3,(H,25,29)(H,30,31)/p-1. The van der Waals surface area contributed by atoms with E-state index >= 15 is 0 Å². The lowest BCUT2D eigenvalue weighted by atomic mass is 10.1. The molecule has 1 unspecified atom stereocenters. The zero-order valence-electron chi connectivity index (χ0n) is 17.8. The Bertz CT molecular complexity index is 1260. The van der Waals surface area contributed by atoms with Crippen molar-refractivity contribution in [3.63, 3.8) is 0 Å². The molecule has 0 saturated carbocycles. The van der Waals surface area contributed by atoms with Gasteiger partial charge in [0.25, 0.3) is 5.91 Å². The normalized spacial score (nSPS) is 11.7. The van der Waals surface area contributed by atoms with Crippen LogP contribution in [0.25, 0.3) is 0 Å². The zero-order chi connectivity index (χ0) is 23.2. The van der Waals surface area contributed by atoms with Crippen LogP contribution >= 0.6 is 11.7 Å². The number of aryl methyl sites for hydroxylation is 1. The number of carbonyl (C=O) groups excluding carboxylic acids is 1. The summed E-state index contributed by atoms with van der Waals surface area (Å²) in [5.74, 6) is -0.183. The van der Waals surface area contributed by atoms with Gasteiger partial charge in [-0.2, -0.15) is 8.75 Å². The number of nitrogens with zero attached hydrogens (tertiary/aromatic N) is 3. The van der Waals surface area contributed by atoms with E-state index in [1.54, 1.807) is 18.2 Å². The molecule has 1 aromatic heterocycles. The van der Waals surface area contributed by atoms with Crippen LogP contribution in [-0.2, 0) is 24.2 Å². The molecule has 1 N–H and O–H groups in total. The molecule has 0 radical (unpaired) electrons. The van der Waals surface area contributed by atoms with Gasteiger partial charge in [-0.05, 0) is 35.7 Å². The molecular weight excluding hydrogens is 456 g/mol. The van der Waals surface area contributed by atoms with Crippen LogP contribution in [0.5, 0.6) is 0 Å². The van der Waals surface area contributed by atoms with Crippen molar-refractivity contribution in [3.8, 4) is 0 Å². The fraction of sp³-hybridized carbons (Fsp3) is 0.125. The van der Waals surface area contributed by atoms with Crippen LogP contribution in [0.15, 0.2) is 78.9 Å². The summed E-state index contributed by atoms with van der Waals surface area (Å²) in [5, 5.41) is 2.87. The highest BCUT2D eigenvalue weighted by molar-refractivity contribution is 7.81. The molecule has 0 aliphatic carbocycles. The van der Waals surface area contributed by atoms with Gasteiger partial charge in [0.2, 0.25) is 0 Å². The van der Waals surface area contributed by atoms with Crippen molar-refractivity contribution in [1.29, 1.82) is 0 Å². The molecule has 0 fully saturated rings. The molecule has 1 heterocycles. The fourth-order valence-corrected chi connectivity index (χ4v) is 4.60. The topological polar surface area (TPSA) is 98.2 Å². The van der Waals surface area contributed by atoms with Crippen LogP contribution in [0.4, 0.5) is 11.5 Å². The number of anilines is 2. The fourth-order valence-electron chi connectivity index (χ4n) is 3.40. The third-order valence-electron chi connectivity index (χ3n) is 5.00. The highest BCUT2D eigenvalue weighted by Gasteiger charge is 2.24. The predicted molar refractivity (Wildman–Crippen MR) is 129 cm³/mol. The van der Waals surface area contributed by atoms with E-state index in [1.165, 1.54) is 0 Å². The molecule has 3 aromatic carbocycles. The van der Waals surface area contributed by atoms with Gasteiger partial charge in [0.15, 0.2) is 5.82 Å². The Morgan fingerprint density at radius 3 is 2.33 bits per heavy atom. The number of amides is 1. The number of nitrogens with one attached hydrogen (secondary N) is 1. The van der Waals surface area contributed by atoms with E-state index in [4.69, 9.17) is 0 Å². The average Bonchev–Trinajstić information content (AvgIpc) is 3.26. The zero-order valence-corrected chi connectivity index (χ0v) is 19.4. The molecule has 0 saturated heterocycles. The summed E-state index contributed by atoms with van der Waals surface area (Å²) < 4.78 is 34.4. The monoisotopic (exact) mass is 477 g/mol. The summed E-state index contributed by atoms with van der Waals surface area (Å²) in [5.41, 5.74) is 3.72. The van der Waals surface area contributed by atoms with Crippen molar-refractivity contribution in [2.75, 3.05) is 4.31 Å². The first kappa shape index (κ1) is 22.8. The number of hydrogen-bond acceptors (Lipinski definition) is 6. The van der Waals surface area contributed by atoms with E-state index in [2.05, 4.69) is 14.1 Å². The Kier molecular flexibility index (Phi) is 7.23. The molecule has 0 spiro atoms. The Hall–Kier alpha value is -3.40. The minimum Gasteiger partial charge on any atom is -0.755 e. The van der Waals surface area contributed by atoms with Crippen molar-refractivity contribution in [3.05, 3.63) is 107 Å². The average molecular weight is 478 g/mol. The maximum atomic E-state index is 13.1. The summed E-state index contributed by atoms with van der Waals surface area (Å²) in [7, 11) is 0. The van der Waals surface area contributed by atoms with Gasteiger partial charge in [-0.3, -0.25) is 13.3 Å². The molecule has 9 heteroatoms. The largest absolute Gasteiger partial charge is 0.755 e. The van der Waals surface area contributed by atoms with Gasteiger partial charge in [0.1, 0.15) is 5.69 Å². The van der Waals surface area contributed by atoms with Crippen molar-refractivity contribution in [2.45, 2.75) is 19.9 Å². The highest BCUT2D eigenvalue weighted by atomic mass is 32.2. The number of hydrogen-bond donors (Lipinski definition) is 1. The van der Waals surface area contributed by atoms with E-state index in [9.17, 15) is 13.6 Å². The Morgan fingerprint density at radius 2 is 1.67 bits per heavy atom. The molecule has 0 aliphatic heterocycles. The van der Waals surface area contributed by atoms with Crippen LogP contribution in [0.1, 0.15) is 32.7 Å². The molecule has 1 amide bonds. The number of rotatable bonds is 8. The van der Waals surface area contributed by atoms with Crippen molar-refractivity contribution < 1.29 is 13.6 Å². The first-order valence-corrected chi connectivity index (χ1v) is 12.0. The van der Waals surface area contributed by atoms with Crippen LogP contribution in [-0.4, -0.2) is 23.4 Å². The van der Waals surface area contributed by atoms with Crippen molar-refractivity contribution >= 4 is 40.4 Å². The quantitative estimate of drug-likeness (QED) is 0.382. The molecule has 33 heavy (non-hydrogen) atoms. The molecule has 4 aromatic rings. The van der Waals surface area contributed by atoms with Gasteiger partial charge < -0.3 is 9.87 Å². The number of aromatic nitrogens is 2. The predicted octanol–water partition coefficient (Wildman–Crippen LogP) is 4.30. The van der Waals surface area contributed by atoms with Gasteiger partial charge in [-0.1, -0.05) is 66.7 Å². The Balaban J connectivity index is 1.68. The van der Waals surface area contributed by atoms with E-state index in [0.717, 1.165) is 32.7 Å². The number of benzene rings is 3. The minimum atomic E-state index is -2.72. The lowest BCUT2D eigenvalue weighted by Crippen LogP contribution is -2.28. The lowest BCUT2D eigenvalue weighted by Gasteiger charge is -2.27. The summed E-state index contributed by atoms with van der Waals surface area (Å²) in [4.78, 5) is 13.1. The van der Waals surface area contributed by atoms with Gasteiger partial charge in [-0.25, -0.2) is 0 Å². The Morgan fingerprint density at radius 1 is 1.00 bits per heavy atom. The van der Waals surface area contributed by atoms with E-state index in [1.807, 2.05) is 67.6 Å². The maximum absolute atomic E-state index is 13.1. The van der Waals surface area contributed by atoms with Gasteiger partial charge >= 0.3 is 0 Å². The van der Waals surface area contributed by atoms with Crippen LogP contribution in [0, 0.1) is 6.92 Å². The van der Waals surface area contributed by atoms with E-state index in [0.29, 0.717) is 18.7 Å². The van der Waals surface area contributed by atoms with Gasteiger partial charge in [0.05, 0.1) is 34.2 Å². The Labute approximate surface area is 198 Å². The van der Waals surface area contributed by atoms with Crippen LogP contribution < -0.4 is 9.62 Å². The second-order valence-corrected chi connectivity index (χ2v) is 8.73. The smallest absolute Gasteiger partial charge is 0.253 e. The van der Waals surface area contributed by atoms with E-state index < -0.39 is 11.3 Å². The molecule has 168 valence electrons. The molecule has 1 atom stereocenters. The van der Waals surface area contributed by atoms with E-state index in [-0.39, 0.29) is 23.0 Å². The van der Waals surface area contributed by atoms with Crippen molar-refractivity contribution in [2.24, 2.45) is 0 Å². The second-order valence-electron chi connectivity index (χ2n) is 7.40. The summed E-state index contributed by atoms with van der Waals surface area (Å²) in [6.45, 7) is 2.16. The first-order chi connectivity index (χ1) is 16.0. The summed E-state index contributed by atoms with van der Waals surface area (Å²) >= 11 is -1.78. The highest BCUT2D eigenvalue weighted by Crippen LogP contribution is 2.33. The minimum absolute atomic E-state index is 0.194. The van der Waals surface area contributed by atoms with Gasteiger partial charge in [-0.15, -0.1) is 0 Å². The first-order valence-electron chi connectivity index (χ1n) is 10.2. The number of carbonyl (C=O) groups is 1. The maximum Gasteiger partial charge on any atom is 0.253 e. The SMILES string of the molecule is Cc1ccc(C(=O)NCc2ccccc2)c(N(c2nsnc2Cc2ccccc2)S(=O)[O-])c1. The van der Waals surface area contributed by atoms with Gasteiger partial charge in [0, 0.05) is 13.0 Å². The van der Waals surface area contributed by atoms with Crippen LogP contribution in [0.3, 0.4) is 0 Å². The molecular formula is C24H21N4O3S2-. The van der Waals surface area contributed by atoms with Crippen LogP contribution in [0.2, 0.25) is 0 Å². The molecule has 0 aliphatic rings. The lowest BCUT2D eigenvalue weighted by molar-refractivity contribution is 0.0951. The second kappa shape index (κ2) is 10.5. The molecule has 0 bridgehead atoms.